The smallest absolute Gasteiger partial charge is 0.279 e. The minimum absolute atomic E-state index is 0.196. The standard InChI is InChI=1S/C11H23N3O2S/c1-3-12-11-6-7-14(8-9(11)2)17(15,16)13-10-4-5-10/h9-13H,3-8H2,1-2H3. The van der Waals surface area contributed by atoms with Crippen molar-refractivity contribution >= 4 is 10.2 Å². The summed E-state index contributed by atoms with van der Waals surface area (Å²) in [6.07, 6.45) is 2.88. The molecule has 0 bridgehead atoms. The van der Waals surface area contributed by atoms with Gasteiger partial charge in [0.1, 0.15) is 0 Å². The van der Waals surface area contributed by atoms with Crippen LogP contribution >= 0.6 is 0 Å². The van der Waals surface area contributed by atoms with Crippen molar-refractivity contribution in [3.8, 4) is 0 Å². The number of piperidine rings is 1. The second-order valence-corrected chi connectivity index (χ2v) is 6.89. The fraction of sp³-hybridized carbons (Fsp3) is 1.00. The zero-order valence-corrected chi connectivity index (χ0v) is 11.5. The summed E-state index contributed by atoms with van der Waals surface area (Å²) in [7, 11) is -3.24. The maximum atomic E-state index is 12.0. The lowest BCUT2D eigenvalue weighted by molar-refractivity contribution is 0.220. The Morgan fingerprint density at radius 3 is 2.53 bits per heavy atom. The van der Waals surface area contributed by atoms with E-state index < -0.39 is 10.2 Å². The van der Waals surface area contributed by atoms with Gasteiger partial charge in [0.2, 0.25) is 0 Å². The molecule has 2 fully saturated rings. The summed E-state index contributed by atoms with van der Waals surface area (Å²) in [5.41, 5.74) is 0. The normalized spacial score (nSPS) is 31.6. The van der Waals surface area contributed by atoms with E-state index in [9.17, 15) is 8.42 Å². The first-order chi connectivity index (χ1) is 8.03. The maximum absolute atomic E-state index is 12.0. The zero-order chi connectivity index (χ0) is 12.5. The summed E-state index contributed by atoms with van der Waals surface area (Å²) < 4.78 is 28.4. The number of nitrogens with one attached hydrogen (secondary N) is 2. The molecule has 1 aliphatic carbocycles. The summed E-state index contributed by atoms with van der Waals surface area (Å²) in [5.74, 6) is 0.375. The van der Waals surface area contributed by atoms with E-state index in [2.05, 4.69) is 23.9 Å². The number of nitrogens with zero attached hydrogens (tertiary/aromatic N) is 1. The van der Waals surface area contributed by atoms with Gasteiger partial charge in [0.15, 0.2) is 0 Å². The molecule has 2 atom stereocenters. The molecule has 0 radical (unpaired) electrons. The fourth-order valence-corrected chi connectivity index (χ4v) is 3.96. The van der Waals surface area contributed by atoms with Crippen LogP contribution in [0.5, 0.6) is 0 Å². The van der Waals surface area contributed by atoms with Crippen molar-refractivity contribution in [1.82, 2.24) is 14.3 Å². The van der Waals surface area contributed by atoms with Gasteiger partial charge in [0, 0.05) is 25.2 Å². The molecule has 100 valence electrons. The summed E-state index contributed by atoms with van der Waals surface area (Å²) >= 11 is 0. The maximum Gasteiger partial charge on any atom is 0.279 e. The van der Waals surface area contributed by atoms with E-state index in [1.807, 2.05) is 0 Å². The van der Waals surface area contributed by atoms with Crippen LogP contribution in [0.4, 0.5) is 0 Å². The van der Waals surface area contributed by atoms with Crippen molar-refractivity contribution < 1.29 is 8.42 Å². The van der Waals surface area contributed by atoms with Crippen LogP contribution in [0.3, 0.4) is 0 Å². The van der Waals surface area contributed by atoms with Crippen molar-refractivity contribution in [3.63, 3.8) is 0 Å². The van der Waals surface area contributed by atoms with Gasteiger partial charge in [-0.05, 0) is 31.7 Å². The van der Waals surface area contributed by atoms with Crippen LogP contribution in [-0.2, 0) is 10.2 Å². The molecule has 2 rings (SSSR count). The molecule has 17 heavy (non-hydrogen) atoms. The third kappa shape index (κ3) is 3.40. The Morgan fingerprint density at radius 1 is 1.29 bits per heavy atom. The Morgan fingerprint density at radius 2 is 2.00 bits per heavy atom. The summed E-state index contributed by atoms with van der Waals surface area (Å²) in [4.78, 5) is 0. The molecule has 1 heterocycles. The van der Waals surface area contributed by atoms with Crippen LogP contribution in [0.25, 0.3) is 0 Å². The van der Waals surface area contributed by atoms with E-state index >= 15 is 0 Å². The summed E-state index contributed by atoms with van der Waals surface area (Å²) in [5, 5.41) is 3.42. The number of hydrogen-bond donors (Lipinski definition) is 2. The molecule has 1 saturated carbocycles. The molecular formula is C11H23N3O2S. The Labute approximate surface area is 104 Å². The highest BCUT2D eigenvalue weighted by molar-refractivity contribution is 7.87. The van der Waals surface area contributed by atoms with Gasteiger partial charge in [-0.25, -0.2) is 0 Å². The molecule has 6 heteroatoms. The van der Waals surface area contributed by atoms with Gasteiger partial charge >= 0.3 is 0 Å². The predicted molar refractivity (Wildman–Crippen MR) is 67.9 cm³/mol. The Balaban J connectivity index is 1.91. The molecule has 0 aromatic carbocycles. The van der Waals surface area contributed by atoms with E-state index in [1.165, 1.54) is 0 Å². The monoisotopic (exact) mass is 261 g/mol. The number of rotatable bonds is 5. The second-order valence-electron chi connectivity index (χ2n) is 5.19. The molecule has 0 amide bonds. The molecule has 0 aromatic heterocycles. The molecule has 1 saturated heterocycles. The molecule has 2 aliphatic rings. The van der Waals surface area contributed by atoms with Crippen LogP contribution in [0, 0.1) is 5.92 Å². The van der Waals surface area contributed by atoms with E-state index in [-0.39, 0.29) is 6.04 Å². The van der Waals surface area contributed by atoms with Crippen LogP contribution in [0.15, 0.2) is 0 Å². The van der Waals surface area contributed by atoms with Crippen LogP contribution in [0.1, 0.15) is 33.1 Å². The molecule has 1 aliphatic heterocycles. The van der Waals surface area contributed by atoms with Crippen molar-refractivity contribution in [2.75, 3.05) is 19.6 Å². The largest absolute Gasteiger partial charge is 0.314 e. The van der Waals surface area contributed by atoms with Gasteiger partial charge in [-0.15, -0.1) is 0 Å². The molecular weight excluding hydrogens is 238 g/mol. The minimum atomic E-state index is -3.24. The Kier molecular flexibility index (Phi) is 4.07. The lowest BCUT2D eigenvalue weighted by atomic mass is 9.95. The third-order valence-electron chi connectivity index (χ3n) is 3.57. The van der Waals surface area contributed by atoms with E-state index in [0.717, 1.165) is 25.8 Å². The van der Waals surface area contributed by atoms with Crippen molar-refractivity contribution in [2.24, 2.45) is 5.92 Å². The van der Waals surface area contributed by atoms with Crippen molar-refractivity contribution in [3.05, 3.63) is 0 Å². The summed E-state index contributed by atoms with van der Waals surface area (Å²) in [6, 6.07) is 0.647. The molecule has 2 unspecified atom stereocenters. The molecule has 5 nitrogen and oxygen atoms in total. The minimum Gasteiger partial charge on any atom is -0.314 e. The highest BCUT2D eigenvalue weighted by Gasteiger charge is 2.35. The molecule has 0 aromatic rings. The lowest BCUT2D eigenvalue weighted by Crippen LogP contribution is -2.53. The Hall–Kier alpha value is -0.170. The van der Waals surface area contributed by atoms with E-state index in [1.54, 1.807) is 4.31 Å². The van der Waals surface area contributed by atoms with Gasteiger partial charge < -0.3 is 5.32 Å². The van der Waals surface area contributed by atoms with Crippen molar-refractivity contribution in [2.45, 2.75) is 45.2 Å². The topological polar surface area (TPSA) is 61.4 Å². The van der Waals surface area contributed by atoms with Gasteiger partial charge in [-0.3, -0.25) is 0 Å². The van der Waals surface area contributed by atoms with Crippen LogP contribution < -0.4 is 10.0 Å². The van der Waals surface area contributed by atoms with Gasteiger partial charge in [0.05, 0.1) is 0 Å². The highest BCUT2D eigenvalue weighted by atomic mass is 32.2. The van der Waals surface area contributed by atoms with Crippen LogP contribution in [0.2, 0.25) is 0 Å². The third-order valence-corrected chi connectivity index (χ3v) is 5.21. The second kappa shape index (κ2) is 5.22. The lowest BCUT2D eigenvalue weighted by Gasteiger charge is -2.36. The fourth-order valence-electron chi connectivity index (χ4n) is 2.38. The predicted octanol–water partition coefficient (Wildman–Crippen LogP) is 0.303. The summed E-state index contributed by atoms with van der Waals surface area (Å²) in [6.45, 7) is 6.41. The first-order valence-electron chi connectivity index (χ1n) is 6.53. The van der Waals surface area contributed by atoms with Crippen LogP contribution in [-0.4, -0.2) is 44.4 Å². The van der Waals surface area contributed by atoms with E-state index in [4.69, 9.17) is 0 Å². The SMILES string of the molecule is CCNC1CCN(S(=O)(=O)NC2CC2)CC1C. The first-order valence-corrected chi connectivity index (χ1v) is 7.97. The molecule has 2 N–H and O–H groups in total. The number of hydrogen-bond acceptors (Lipinski definition) is 3. The molecule has 0 spiro atoms. The average molecular weight is 261 g/mol. The van der Waals surface area contributed by atoms with Crippen molar-refractivity contribution in [1.29, 1.82) is 0 Å². The van der Waals surface area contributed by atoms with Gasteiger partial charge in [0.25, 0.3) is 10.2 Å². The van der Waals surface area contributed by atoms with Gasteiger partial charge in [-0.1, -0.05) is 13.8 Å². The highest BCUT2D eigenvalue weighted by Crippen LogP contribution is 2.23. The average Bonchev–Trinajstić information content (AvgIpc) is 3.04. The first kappa shape index (κ1) is 13.3. The van der Waals surface area contributed by atoms with Gasteiger partial charge in [-0.2, -0.15) is 17.4 Å². The quantitative estimate of drug-likeness (QED) is 0.748. The Bertz CT molecular complexity index is 354. The zero-order valence-electron chi connectivity index (χ0n) is 10.6. The van der Waals surface area contributed by atoms with E-state index in [0.29, 0.717) is 25.0 Å².